The lowest BCUT2D eigenvalue weighted by atomic mass is 10.2. The second kappa shape index (κ2) is 5.60. The van der Waals surface area contributed by atoms with E-state index in [9.17, 15) is 18.0 Å². The Labute approximate surface area is 121 Å². The fraction of sp³-hybridized carbons (Fsp3) is 0.0833. The summed E-state index contributed by atoms with van der Waals surface area (Å²) < 4.78 is 37.2. The molecule has 0 bridgehead atoms. The van der Waals surface area contributed by atoms with E-state index in [0.717, 1.165) is 17.8 Å². The first kappa shape index (κ1) is 15.1. The van der Waals surface area contributed by atoms with Crippen LogP contribution >= 0.6 is 11.8 Å². The van der Waals surface area contributed by atoms with Gasteiger partial charge in [-0.1, -0.05) is 11.8 Å². The second-order valence-electron chi connectivity index (χ2n) is 3.90. The van der Waals surface area contributed by atoms with E-state index in [-0.39, 0.29) is 21.3 Å². The number of halogens is 3. The Bertz CT molecular complexity index is 674. The number of carboxylic acid groups (broad SMARTS) is 1. The van der Waals surface area contributed by atoms with E-state index in [0.29, 0.717) is 6.20 Å². The third kappa shape index (κ3) is 3.63. The number of carboxylic acids is 1. The molecular formula is C12H8F3N3O2S. The average Bonchev–Trinajstić information content (AvgIpc) is 2.40. The summed E-state index contributed by atoms with van der Waals surface area (Å²) >= 11 is 0.939. The van der Waals surface area contributed by atoms with Crippen molar-refractivity contribution >= 4 is 23.4 Å². The molecule has 2 rings (SSSR count). The molecule has 0 aliphatic heterocycles. The van der Waals surface area contributed by atoms with Gasteiger partial charge in [0.05, 0.1) is 23.0 Å². The third-order valence-corrected chi connectivity index (χ3v) is 3.30. The highest BCUT2D eigenvalue weighted by Gasteiger charge is 2.30. The molecule has 0 unspecified atom stereocenters. The minimum Gasteiger partial charge on any atom is -0.478 e. The normalized spacial score (nSPS) is 11.4. The zero-order valence-electron chi connectivity index (χ0n) is 10.3. The lowest BCUT2D eigenvalue weighted by molar-refractivity contribution is -0.137. The summed E-state index contributed by atoms with van der Waals surface area (Å²) in [7, 11) is 0. The van der Waals surface area contributed by atoms with Crippen LogP contribution in [0.2, 0.25) is 0 Å². The van der Waals surface area contributed by atoms with Crippen LogP contribution < -0.4 is 5.73 Å². The largest absolute Gasteiger partial charge is 0.478 e. The molecule has 3 N–H and O–H groups in total. The topological polar surface area (TPSA) is 89.1 Å². The fourth-order valence-corrected chi connectivity index (χ4v) is 2.14. The van der Waals surface area contributed by atoms with Crippen LogP contribution in [0, 0.1) is 0 Å². The molecule has 0 aliphatic carbocycles. The van der Waals surface area contributed by atoms with Crippen LogP contribution in [0.5, 0.6) is 0 Å². The van der Waals surface area contributed by atoms with E-state index in [1.54, 1.807) is 0 Å². The van der Waals surface area contributed by atoms with Crippen LogP contribution in [-0.2, 0) is 6.18 Å². The maximum atomic E-state index is 12.4. The second-order valence-corrected chi connectivity index (χ2v) is 4.94. The Hall–Kier alpha value is -2.29. The predicted molar refractivity (Wildman–Crippen MR) is 69.0 cm³/mol. The lowest BCUT2D eigenvalue weighted by Gasteiger charge is -2.07. The summed E-state index contributed by atoms with van der Waals surface area (Å²) in [5.41, 5.74) is 4.48. The van der Waals surface area contributed by atoms with Crippen molar-refractivity contribution in [2.24, 2.45) is 0 Å². The molecule has 0 aromatic carbocycles. The zero-order valence-corrected chi connectivity index (χ0v) is 11.1. The van der Waals surface area contributed by atoms with Gasteiger partial charge in [-0.3, -0.25) is 0 Å². The molecule has 2 aromatic heterocycles. The average molecular weight is 315 g/mol. The predicted octanol–water partition coefficient (Wildman–Crippen LogP) is 2.93. The van der Waals surface area contributed by atoms with E-state index < -0.39 is 17.7 Å². The Kier molecular flexibility index (Phi) is 4.03. The van der Waals surface area contributed by atoms with Gasteiger partial charge in [-0.25, -0.2) is 14.8 Å². The van der Waals surface area contributed by atoms with Crippen molar-refractivity contribution in [3.63, 3.8) is 0 Å². The fourth-order valence-electron chi connectivity index (χ4n) is 1.40. The minimum atomic E-state index is -4.45. The van der Waals surface area contributed by atoms with E-state index in [2.05, 4.69) is 9.97 Å². The highest BCUT2D eigenvalue weighted by atomic mass is 32.2. The monoisotopic (exact) mass is 315 g/mol. The summed E-state index contributed by atoms with van der Waals surface area (Å²) in [6.45, 7) is 0. The molecule has 2 heterocycles. The van der Waals surface area contributed by atoms with Crippen LogP contribution in [0.1, 0.15) is 15.9 Å². The van der Waals surface area contributed by atoms with Crippen molar-refractivity contribution in [2.75, 3.05) is 5.73 Å². The van der Waals surface area contributed by atoms with Crippen LogP contribution in [0.25, 0.3) is 0 Å². The Morgan fingerprint density at radius 1 is 1.19 bits per heavy atom. The molecule has 0 saturated carbocycles. The van der Waals surface area contributed by atoms with Gasteiger partial charge in [0, 0.05) is 6.20 Å². The summed E-state index contributed by atoms with van der Waals surface area (Å²) in [5.74, 6) is -1.21. The van der Waals surface area contributed by atoms with Gasteiger partial charge in [0.15, 0.2) is 0 Å². The maximum absolute atomic E-state index is 12.4. The third-order valence-electron chi connectivity index (χ3n) is 2.41. The smallest absolute Gasteiger partial charge is 0.417 e. The molecule has 9 heteroatoms. The zero-order chi connectivity index (χ0) is 15.6. The number of pyridine rings is 2. The van der Waals surface area contributed by atoms with Gasteiger partial charge >= 0.3 is 12.1 Å². The molecule has 21 heavy (non-hydrogen) atoms. The maximum Gasteiger partial charge on any atom is 0.417 e. The van der Waals surface area contributed by atoms with Crippen molar-refractivity contribution in [1.82, 2.24) is 9.97 Å². The van der Waals surface area contributed by atoms with E-state index in [1.807, 2.05) is 0 Å². The van der Waals surface area contributed by atoms with Gasteiger partial charge < -0.3 is 10.8 Å². The molecule has 0 atom stereocenters. The van der Waals surface area contributed by atoms with E-state index in [1.165, 1.54) is 18.3 Å². The first-order valence-corrected chi connectivity index (χ1v) is 6.29. The Morgan fingerprint density at radius 2 is 1.86 bits per heavy atom. The molecular weight excluding hydrogens is 307 g/mol. The summed E-state index contributed by atoms with van der Waals surface area (Å²) in [6, 6.07) is 3.32. The summed E-state index contributed by atoms with van der Waals surface area (Å²) in [5, 5.41) is 9.46. The molecule has 0 amide bonds. The lowest BCUT2D eigenvalue weighted by Crippen LogP contribution is -2.05. The molecule has 5 nitrogen and oxygen atoms in total. The minimum absolute atomic E-state index is 0.00669. The Morgan fingerprint density at radius 3 is 2.38 bits per heavy atom. The molecule has 0 radical (unpaired) electrons. The number of hydrogen-bond donors (Lipinski definition) is 2. The highest BCUT2D eigenvalue weighted by molar-refractivity contribution is 7.99. The highest BCUT2D eigenvalue weighted by Crippen LogP contribution is 2.31. The van der Waals surface area contributed by atoms with Gasteiger partial charge in [0.1, 0.15) is 10.1 Å². The van der Waals surface area contributed by atoms with Gasteiger partial charge in [0.25, 0.3) is 0 Å². The van der Waals surface area contributed by atoms with Crippen LogP contribution in [0.4, 0.5) is 18.9 Å². The van der Waals surface area contributed by atoms with Crippen molar-refractivity contribution in [1.29, 1.82) is 0 Å². The first-order valence-electron chi connectivity index (χ1n) is 5.47. The van der Waals surface area contributed by atoms with E-state index in [4.69, 9.17) is 10.8 Å². The van der Waals surface area contributed by atoms with Gasteiger partial charge in [-0.15, -0.1) is 0 Å². The van der Waals surface area contributed by atoms with Crippen molar-refractivity contribution in [3.05, 3.63) is 41.7 Å². The number of anilines is 1. The SMILES string of the molecule is Nc1cnc(Sc2ccc(C(F)(F)F)cn2)cc1C(=O)O. The van der Waals surface area contributed by atoms with Crippen molar-refractivity contribution < 1.29 is 23.1 Å². The van der Waals surface area contributed by atoms with Gasteiger partial charge in [-0.05, 0) is 18.2 Å². The Balaban J connectivity index is 2.22. The number of nitrogens with two attached hydrogens (primary N) is 1. The summed E-state index contributed by atoms with van der Waals surface area (Å²) in [6.07, 6.45) is -2.57. The number of rotatable bonds is 3. The van der Waals surface area contributed by atoms with Crippen molar-refractivity contribution in [3.8, 4) is 0 Å². The standard InChI is InChI=1S/C12H8F3N3O2S/c13-12(14,15)6-1-2-9(17-4-6)21-10-3-7(11(19)20)8(16)5-18-10/h1-5H,16H2,(H,19,20). The quantitative estimate of drug-likeness (QED) is 0.905. The van der Waals surface area contributed by atoms with Gasteiger partial charge in [-0.2, -0.15) is 13.2 Å². The number of nitrogen functional groups attached to an aromatic ring is 1. The number of aromatic carboxylic acids is 1. The van der Waals surface area contributed by atoms with Gasteiger partial charge in [0.2, 0.25) is 0 Å². The molecule has 2 aromatic rings. The number of alkyl halides is 3. The number of carbonyl (C=O) groups is 1. The number of hydrogen-bond acceptors (Lipinski definition) is 5. The number of nitrogens with zero attached hydrogens (tertiary/aromatic N) is 2. The van der Waals surface area contributed by atoms with Crippen molar-refractivity contribution in [2.45, 2.75) is 16.2 Å². The molecule has 0 saturated heterocycles. The molecule has 0 aliphatic rings. The van der Waals surface area contributed by atoms with Crippen LogP contribution in [-0.4, -0.2) is 21.0 Å². The molecule has 0 fully saturated rings. The number of aromatic nitrogens is 2. The van der Waals surface area contributed by atoms with Crippen LogP contribution in [0.15, 0.2) is 40.6 Å². The molecule has 0 spiro atoms. The first-order chi connectivity index (χ1) is 9.77. The van der Waals surface area contributed by atoms with E-state index >= 15 is 0 Å². The summed E-state index contributed by atoms with van der Waals surface area (Å²) in [4.78, 5) is 18.5. The molecule has 110 valence electrons. The van der Waals surface area contributed by atoms with Crippen LogP contribution in [0.3, 0.4) is 0 Å².